The van der Waals surface area contributed by atoms with Crippen LogP contribution in [0.15, 0.2) is 24.3 Å². The second kappa shape index (κ2) is 7.48. The number of amides is 2. The van der Waals surface area contributed by atoms with E-state index in [-0.39, 0.29) is 17.8 Å². The zero-order valence-electron chi connectivity index (χ0n) is 14.3. The largest absolute Gasteiger partial charge is 0.324 e. The first-order valence-corrected chi connectivity index (χ1v) is 9.73. The van der Waals surface area contributed by atoms with Crippen molar-refractivity contribution in [3.8, 4) is 0 Å². The molecule has 0 aliphatic carbocycles. The predicted molar refractivity (Wildman–Crippen MR) is 92.0 cm³/mol. The van der Waals surface area contributed by atoms with Crippen molar-refractivity contribution < 1.29 is 17.6 Å². The number of carbonyl (C=O) groups is 1. The van der Waals surface area contributed by atoms with Crippen LogP contribution in [0.1, 0.15) is 12.8 Å². The third-order valence-corrected chi connectivity index (χ3v) is 5.65. The van der Waals surface area contributed by atoms with Crippen LogP contribution in [0.4, 0.5) is 14.9 Å². The first-order valence-electron chi connectivity index (χ1n) is 7.88. The van der Waals surface area contributed by atoms with Gasteiger partial charge in [-0.2, -0.15) is 0 Å². The van der Waals surface area contributed by atoms with Gasteiger partial charge in [-0.15, -0.1) is 0 Å². The molecule has 2 amide bonds. The van der Waals surface area contributed by atoms with Gasteiger partial charge < -0.3 is 4.90 Å². The predicted octanol–water partition coefficient (Wildman–Crippen LogP) is 1.99. The van der Waals surface area contributed by atoms with Crippen LogP contribution in [-0.2, 0) is 10.0 Å². The van der Waals surface area contributed by atoms with Gasteiger partial charge in [-0.05, 0) is 43.0 Å². The van der Waals surface area contributed by atoms with Crippen LogP contribution in [0.2, 0.25) is 0 Å². The summed E-state index contributed by atoms with van der Waals surface area (Å²) in [6, 6.07) is 5.60. The Morgan fingerprint density at radius 3 is 2.50 bits per heavy atom. The van der Waals surface area contributed by atoms with Crippen LogP contribution >= 0.6 is 0 Å². The van der Waals surface area contributed by atoms with E-state index in [0.717, 1.165) is 12.8 Å². The van der Waals surface area contributed by atoms with Gasteiger partial charge in [-0.25, -0.2) is 21.9 Å². The quantitative estimate of drug-likeness (QED) is 0.828. The van der Waals surface area contributed by atoms with Crippen molar-refractivity contribution in [2.24, 2.45) is 5.92 Å². The van der Waals surface area contributed by atoms with Gasteiger partial charge in [0.2, 0.25) is 10.0 Å². The first kappa shape index (κ1) is 18.7. The molecule has 0 bridgehead atoms. The number of hydrogen-bond acceptors (Lipinski definition) is 3. The zero-order chi connectivity index (χ0) is 17.9. The van der Waals surface area contributed by atoms with E-state index in [4.69, 9.17) is 0 Å². The SMILES string of the molecule is CN(C(=O)N1CCCC(CN(C)S(C)(=O)=O)C1)c1ccc(F)cc1. The molecule has 1 aromatic carbocycles. The molecule has 1 atom stereocenters. The molecule has 8 heteroatoms. The Bertz CT molecular complexity index is 678. The molecule has 0 saturated carbocycles. The molecule has 1 aliphatic rings. The van der Waals surface area contributed by atoms with Gasteiger partial charge in [-0.3, -0.25) is 4.90 Å². The number of piperidine rings is 1. The van der Waals surface area contributed by atoms with Crippen LogP contribution in [0.5, 0.6) is 0 Å². The highest BCUT2D eigenvalue weighted by Gasteiger charge is 2.28. The summed E-state index contributed by atoms with van der Waals surface area (Å²) in [5.74, 6) is -0.231. The minimum atomic E-state index is -3.22. The third-order valence-electron chi connectivity index (χ3n) is 4.37. The molecule has 134 valence electrons. The highest BCUT2D eigenvalue weighted by Crippen LogP contribution is 2.21. The Hall–Kier alpha value is -1.67. The summed E-state index contributed by atoms with van der Waals surface area (Å²) in [5, 5.41) is 0. The number of likely N-dealkylation sites (tertiary alicyclic amines) is 1. The molecule has 2 rings (SSSR count). The average molecular weight is 357 g/mol. The van der Waals surface area contributed by atoms with E-state index in [0.29, 0.717) is 25.3 Å². The van der Waals surface area contributed by atoms with Crippen molar-refractivity contribution >= 4 is 21.7 Å². The molecule has 0 spiro atoms. The van der Waals surface area contributed by atoms with Gasteiger partial charge >= 0.3 is 6.03 Å². The number of anilines is 1. The molecule has 1 aromatic rings. The Balaban J connectivity index is 2.00. The molecular formula is C16H24FN3O3S. The average Bonchev–Trinajstić information content (AvgIpc) is 2.53. The highest BCUT2D eigenvalue weighted by molar-refractivity contribution is 7.88. The number of carbonyl (C=O) groups excluding carboxylic acids is 1. The van der Waals surface area contributed by atoms with Gasteiger partial charge in [0.05, 0.1) is 6.26 Å². The van der Waals surface area contributed by atoms with Gasteiger partial charge in [0.25, 0.3) is 0 Å². The Kier molecular flexibility index (Phi) is 5.82. The van der Waals surface area contributed by atoms with Crippen LogP contribution < -0.4 is 4.90 Å². The molecular weight excluding hydrogens is 333 g/mol. The molecule has 0 N–H and O–H groups in total. The number of nitrogens with zero attached hydrogens (tertiary/aromatic N) is 3. The molecule has 1 heterocycles. The second-order valence-corrected chi connectivity index (χ2v) is 8.41. The topological polar surface area (TPSA) is 60.9 Å². The van der Waals surface area contributed by atoms with Crippen molar-refractivity contribution in [3.05, 3.63) is 30.1 Å². The van der Waals surface area contributed by atoms with Crippen molar-refractivity contribution in [1.29, 1.82) is 0 Å². The number of benzene rings is 1. The van der Waals surface area contributed by atoms with Crippen LogP contribution in [0.3, 0.4) is 0 Å². The monoisotopic (exact) mass is 357 g/mol. The Morgan fingerprint density at radius 2 is 1.92 bits per heavy atom. The number of rotatable bonds is 4. The van der Waals surface area contributed by atoms with Gasteiger partial charge in [-0.1, -0.05) is 0 Å². The lowest BCUT2D eigenvalue weighted by Gasteiger charge is -2.36. The molecule has 24 heavy (non-hydrogen) atoms. The van der Waals surface area contributed by atoms with Gasteiger partial charge in [0.15, 0.2) is 0 Å². The fourth-order valence-electron chi connectivity index (χ4n) is 2.87. The fraction of sp³-hybridized carbons (Fsp3) is 0.562. The van der Waals surface area contributed by atoms with Crippen molar-refractivity contribution in [2.75, 3.05) is 44.9 Å². The maximum Gasteiger partial charge on any atom is 0.324 e. The molecule has 1 aliphatic heterocycles. The minimum absolute atomic E-state index is 0.115. The smallest absolute Gasteiger partial charge is 0.324 e. The van der Waals surface area contributed by atoms with Crippen LogP contribution in [0.25, 0.3) is 0 Å². The van der Waals surface area contributed by atoms with E-state index >= 15 is 0 Å². The van der Waals surface area contributed by atoms with Crippen LogP contribution in [-0.4, -0.2) is 63.6 Å². The maximum absolute atomic E-state index is 13.0. The van der Waals surface area contributed by atoms with Gasteiger partial charge in [0.1, 0.15) is 5.82 Å². The normalized spacial score (nSPS) is 18.7. The van der Waals surface area contributed by atoms with Gasteiger partial charge in [0, 0.05) is 39.4 Å². The lowest BCUT2D eigenvalue weighted by atomic mass is 9.98. The van der Waals surface area contributed by atoms with E-state index in [1.165, 1.54) is 27.6 Å². The number of halogens is 1. The maximum atomic E-state index is 13.0. The summed E-state index contributed by atoms with van der Waals surface area (Å²) in [5.41, 5.74) is 0.622. The molecule has 6 nitrogen and oxygen atoms in total. The second-order valence-electron chi connectivity index (χ2n) is 6.32. The number of sulfonamides is 1. The minimum Gasteiger partial charge on any atom is -0.324 e. The molecule has 1 saturated heterocycles. The van der Waals surface area contributed by atoms with Crippen molar-refractivity contribution in [2.45, 2.75) is 12.8 Å². The van der Waals surface area contributed by atoms with Crippen molar-refractivity contribution in [3.63, 3.8) is 0 Å². The van der Waals surface area contributed by atoms with E-state index in [1.807, 2.05) is 0 Å². The molecule has 0 radical (unpaired) electrons. The summed E-state index contributed by atoms with van der Waals surface area (Å²) < 4.78 is 37.4. The summed E-state index contributed by atoms with van der Waals surface area (Å²) in [6.07, 6.45) is 2.91. The Morgan fingerprint density at radius 1 is 1.29 bits per heavy atom. The lowest BCUT2D eigenvalue weighted by molar-refractivity contribution is 0.165. The highest BCUT2D eigenvalue weighted by atomic mass is 32.2. The van der Waals surface area contributed by atoms with E-state index in [9.17, 15) is 17.6 Å². The van der Waals surface area contributed by atoms with Crippen LogP contribution in [0, 0.1) is 11.7 Å². The molecule has 1 unspecified atom stereocenters. The number of urea groups is 1. The summed E-state index contributed by atoms with van der Waals surface area (Å²) in [7, 11) is -0.00851. The lowest BCUT2D eigenvalue weighted by Crippen LogP contribution is -2.48. The van der Waals surface area contributed by atoms with E-state index < -0.39 is 10.0 Å². The Labute approximate surface area is 142 Å². The van der Waals surface area contributed by atoms with Crippen molar-refractivity contribution in [1.82, 2.24) is 9.21 Å². The first-order chi connectivity index (χ1) is 11.2. The van der Waals surface area contributed by atoms with E-state index in [1.54, 1.807) is 31.1 Å². The summed E-state index contributed by atoms with van der Waals surface area (Å²) in [4.78, 5) is 15.9. The third kappa shape index (κ3) is 4.67. The van der Waals surface area contributed by atoms with E-state index in [2.05, 4.69) is 0 Å². The summed E-state index contributed by atoms with van der Waals surface area (Å²) >= 11 is 0. The summed E-state index contributed by atoms with van der Waals surface area (Å²) in [6.45, 7) is 1.57. The fourth-order valence-corrected chi connectivity index (χ4v) is 3.36. The zero-order valence-corrected chi connectivity index (χ0v) is 15.1. The number of hydrogen-bond donors (Lipinski definition) is 0. The molecule has 1 fully saturated rings. The molecule has 0 aromatic heterocycles. The standard InChI is InChI=1S/C16H24FN3O3S/c1-18(24(3,22)23)11-13-5-4-10-20(12-13)16(21)19(2)15-8-6-14(17)7-9-15/h6-9,13H,4-5,10-12H2,1-3H3.